The second-order valence-electron chi connectivity index (χ2n) is 5.46. The molecule has 1 aromatic heterocycles. The zero-order valence-electron chi connectivity index (χ0n) is 11.8. The molecule has 1 aliphatic heterocycles. The van der Waals surface area contributed by atoms with E-state index in [-0.39, 0.29) is 42.4 Å². The van der Waals surface area contributed by atoms with Crippen molar-refractivity contribution >= 4 is 29.3 Å². The van der Waals surface area contributed by atoms with Crippen molar-refractivity contribution in [2.45, 2.75) is 12.6 Å². The minimum atomic E-state index is -4.68. The topological polar surface area (TPSA) is 72.4 Å². The number of alkyl halides is 3. The molecule has 6 nitrogen and oxygen atoms in total. The lowest BCUT2D eigenvalue weighted by atomic mass is 10.2. The summed E-state index contributed by atoms with van der Waals surface area (Å²) in [4.78, 5) is 31.5. The quantitative estimate of drug-likeness (QED) is 0.616. The number of amides is 1. The van der Waals surface area contributed by atoms with E-state index in [0.29, 0.717) is 6.07 Å². The van der Waals surface area contributed by atoms with Crippen molar-refractivity contribution in [1.82, 2.24) is 9.97 Å². The van der Waals surface area contributed by atoms with E-state index in [9.17, 15) is 22.8 Å². The molecule has 0 radical (unpaired) electrons. The third kappa shape index (κ3) is 2.85. The summed E-state index contributed by atoms with van der Waals surface area (Å²) >= 11 is 5.52. The van der Waals surface area contributed by atoms with Gasteiger partial charge in [0, 0.05) is 24.9 Å². The number of aromatic nitrogens is 2. The third-order valence-corrected chi connectivity index (χ3v) is 4.33. The van der Waals surface area contributed by atoms with Crippen molar-refractivity contribution in [3.63, 3.8) is 0 Å². The molecule has 1 aliphatic carbocycles. The molecule has 3 rings (SSSR count). The van der Waals surface area contributed by atoms with Crippen LogP contribution < -0.4 is 4.90 Å². The maximum atomic E-state index is 12.8. The third-order valence-electron chi connectivity index (χ3n) is 4.16. The van der Waals surface area contributed by atoms with Crippen LogP contribution in [0.25, 0.3) is 0 Å². The number of methoxy groups -OCH3 is 1. The van der Waals surface area contributed by atoms with Gasteiger partial charge in [-0.2, -0.15) is 13.2 Å². The van der Waals surface area contributed by atoms with Crippen LogP contribution in [-0.2, 0) is 20.5 Å². The number of halogens is 4. The Morgan fingerprint density at radius 1 is 1.48 bits per heavy atom. The second-order valence-corrected chi connectivity index (χ2v) is 5.80. The number of ether oxygens (including phenoxy) is 1. The normalized spacial score (nSPS) is 26.2. The number of carbonyl (C=O) groups excluding carboxylic acids is 2. The summed E-state index contributed by atoms with van der Waals surface area (Å²) in [5, 5.41) is -0.575. The fourth-order valence-electron chi connectivity index (χ4n) is 2.99. The molecule has 3 unspecified atom stereocenters. The first kappa shape index (κ1) is 16.0. The Morgan fingerprint density at radius 2 is 2.17 bits per heavy atom. The Bertz CT molecular complexity index is 682. The van der Waals surface area contributed by atoms with Gasteiger partial charge in [-0.15, -0.1) is 0 Å². The molecule has 2 fully saturated rings. The first-order valence-electron chi connectivity index (χ1n) is 6.72. The van der Waals surface area contributed by atoms with Crippen molar-refractivity contribution in [1.29, 1.82) is 0 Å². The molecule has 0 bridgehead atoms. The Balaban J connectivity index is 1.77. The molecule has 0 N–H and O–H groups in total. The van der Waals surface area contributed by atoms with Crippen molar-refractivity contribution in [2.75, 3.05) is 18.6 Å². The molecular weight excluding hydrogens is 339 g/mol. The molecule has 2 aliphatic rings. The zero-order chi connectivity index (χ0) is 16.9. The van der Waals surface area contributed by atoms with Crippen LogP contribution in [0.3, 0.4) is 0 Å². The highest BCUT2D eigenvalue weighted by Crippen LogP contribution is 2.55. The number of nitrogens with zero attached hydrogens (tertiary/aromatic N) is 3. The van der Waals surface area contributed by atoms with Gasteiger partial charge < -0.3 is 4.74 Å². The van der Waals surface area contributed by atoms with Crippen LogP contribution >= 0.6 is 11.6 Å². The molecule has 3 atom stereocenters. The van der Waals surface area contributed by atoms with E-state index in [1.807, 2.05) is 0 Å². The minimum absolute atomic E-state index is 0.0790. The Labute approximate surface area is 133 Å². The summed E-state index contributed by atoms with van der Waals surface area (Å²) in [6.07, 6.45) is -4.55. The van der Waals surface area contributed by atoms with Crippen LogP contribution in [0.5, 0.6) is 0 Å². The van der Waals surface area contributed by atoms with Crippen LogP contribution in [0.4, 0.5) is 19.0 Å². The molecule has 1 saturated carbocycles. The summed E-state index contributed by atoms with van der Waals surface area (Å²) < 4.78 is 42.8. The highest BCUT2D eigenvalue weighted by atomic mass is 35.5. The van der Waals surface area contributed by atoms with Gasteiger partial charge in [0.25, 0.3) is 0 Å². The predicted octanol–water partition coefficient (Wildman–Crippen LogP) is 1.92. The van der Waals surface area contributed by atoms with Gasteiger partial charge in [-0.3, -0.25) is 14.5 Å². The van der Waals surface area contributed by atoms with E-state index in [1.54, 1.807) is 0 Å². The monoisotopic (exact) mass is 349 g/mol. The first-order chi connectivity index (χ1) is 10.7. The number of hydrogen-bond acceptors (Lipinski definition) is 5. The smallest absolute Gasteiger partial charge is 0.433 e. The molecule has 0 spiro atoms. The summed E-state index contributed by atoms with van der Waals surface area (Å²) in [5.74, 6) is -1.52. The van der Waals surface area contributed by atoms with Gasteiger partial charge in [0.1, 0.15) is 5.82 Å². The van der Waals surface area contributed by atoms with Crippen LogP contribution in [-0.4, -0.2) is 35.5 Å². The van der Waals surface area contributed by atoms with E-state index >= 15 is 0 Å². The van der Waals surface area contributed by atoms with E-state index in [0.717, 1.165) is 4.90 Å². The predicted molar refractivity (Wildman–Crippen MR) is 71.5 cm³/mol. The van der Waals surface area contributed by atoms with Gasteiger partial charge >= 0.3 is 12.1 Å². The first-order valence-corrected chi connectivity index (χ1v) is 7.10. The number of piperidine rings is 1. The fourth-order valence-corrected chi connectivity index (χ4v) is 3.17. The molecule has 1 saturated heterocycles. The SMILES string of the molecule is COC(=O)CC1C2CN(c3cc(C(F)(F)F)nc(Cl)n3)C(=O)C12. The van der Waals surface area contributed by atoms with Gasteiger partial charge in [0.15, 0.2) is 5.69 Å². The largest absolute Gasteiger partial charge is 0.469 e. The fraction of sp³-hybridized carbons (Fsp3) is 0.538. The zero-order valence-corrected chi connectivity index (χ0v) is 12.6. The number of carbonyl (C=O) groups is 2. The lowest BCUT2D eigenvalue weighted by molar-refractivity contribution is -0.142. The number of rotatable bonds is 3. The van der Waals surface area contributed by atoms with E-state index in [4.69, 9.17) is 11.6 Å². The average molecular weight is 350 g/mol. The van der Waals surface area contributed by atoms with Crippen molar-refractivity contribution in [3.05, 3.63) is 17.0 Å². The van der Waals surface area contributed by atoms with Gasteiger partial charge in [-0.1, -0.05) is 0 Å². The van der Waals surface area contributed by atoms with Gasteiger partial charge in [0.2, 0.25) is 11.2 Å². The highest BCUT2D eigenvalue weighted by Gasteiger charge is 2.62. The number of fused-ring (bicyclic) bond motifs is 1. The highest BCUT2D eigenvalue weighted by molar-refractivity contribution is 6.28. The molecule has 0 aromatic carbocycles. The second kappa shape index (κ2) is 5.33. The Hall–Kier alpha value is -1.90. The molecule has 124 valence electrons. The molecule has 1 aromatic rings. The summed E-state index contributed by atoms with van der Waals surface area (Å²) in [7, 11) is 1.26. The number of hydrogen-bond donors (Lipinski definition) is 0. The summed E-state index contributed by atoms with van der Waals surface area (Å²) in [5.41, 5.74) is -1.20. The lowest BCUT2D eigenvalue weighted by Crippen LogP contribution is -2.31. The van der Waals surface area contributed by atoms with Crippen LogP contribution in [0.15, 0.2) is 6.07 Å². The molecule has 2 heterocycles. The Kier molecular flexibility index (Phi) is 3.70. The molecule has 10 heteroatoms. The summed E-state index contributed by atoms with van der Waals surface area (Å²) in [6.45, 7) is 0.204. The van der Waals surface area contributed by atoms with Crippen LogP contribution in [0, 0.1) is 17.8 Å². The van der Waals surface area contributed by atoms with E-state index in [2.05, 4.69) is 14.7 Å². The van der Waals surface area contributed by atoms with Crippen molar-refractivity contribution < 1.29 is 27.5 Å². The van der Waals surface area contributed by atoms with Crippen molar-refractivity contribution in [2.24, 2.45) is 17.8 Å². The summed E-state index contributed by atoms with van der Waals surface area (Å²) in [6, 6.07) is 0.698. The van der Waals surface area contributed by atoms with E-state index < -0.39 is 23.1 Å². The minimum Gasteiger partial charge on any atom is -0.469 e. The van der Waals surface area contributed by atoms with Crippen LogP contribution in [0.2, 0.25) is 5.28 Å². The number of anilines is 1. The Morgan fingerprint density at radius 3 is 2.70 bits per heavy atom. The molecular formula is C13H11ClF3N3O3. The van der Waals surface area contributed by atoms with E-state index in [1.165, 1.54) is 7.11 Å². The lowest BCUT2D eigenvalue weighted by Gasteiger charge is -2.20. The average Bonchev–Trinajstić information content (AvgIpc) is 3.01. The van der Waals surface area contributed by atoms with Gasteiger partial charge in [0.05, 0.1) is 7.11 Å². The maximum absolute atomic E-state index is 12.8. The maximum Gasteiger partial charge on any atom is 0.433 e. The number of esters is 1. The standard InChI is InChI=1S/C13H11ClF3N3O3/c1-23-9(21)2-5-6-4-20(11(22)10(5)6)8-3-7(13(15,16)17)18-12(14)19-8/h3,5-6,10H,2,4H2,1H3. The molecule has 1 amide bonds. The molecule has 23 heavy (non-hydrogen) atoms. The van der Waals surface area contributed by atoms with Crippen molar-refractivity contribution in [3.8, 4) is 0 Å². The van der Waals surface area contributed by atoms with Gasteiger partial charge in [-0.25, -0.2) is 9.97 Å². The van der Waals surface area contributed by atoms with Gasteiger partial charge in [-0.05, 0) is 23.4 Å². The van der Waals surface area contributed by atoms with Crippen LogP contribution in [0.1, 0.15) is 12.1 Å².